The average molecular weight is 410 g/mol. The first-order valence-electron chi connectivity index (χ1n) is 10.3. The summed E-state index contributed by atoms with van der Waals surface area (Å²) in [4.78, 5) is 9.25. The molecule has 0 amide bonds. The smallest absolute Gasteiger partial charge is 0.165 e. The summed E-state index contributed by atoms with van der Waals surface area (Å²) in [6, 6.07) is 9.93. The molecule has 0 unspecified atom stereocenters. The van der Waals surface area contributed by atoms with Crippen LogP contribution in [0.5, 0.6) is 5.75 Å². The minimum atomic E-state index is -0.735. The Kier molecular flexibility index (Phi) is 5.58. The fraction of sp³-hybridized carbons (Fsp3) is 0.391. The average Bonchev–Trinajstić information content (AvgIpc) is 3.20. The van der Waals surface area contributed by atoms with Crippen LogP contribution in [-0.2, 0) is 6.42 Å². The van der Waals surface area contributed by atoms with Crippen molar-refractivity contribution in [2.45, 2.75) is 44.8 Å². The van der Waals surface area contributed by atoms with Crippen molar-refractivity contribution in [2.24, 2.45) is 0 Å². The van der Waals surface area contributed by atoms with Gasteiger partial charge in [-0.25, -0.2) is 14.4 Å². The van der Waals surface area contributed by atoms with E-state index in [9.17, 15) is 14.6 Å². The highest BCUT2D eigenvalue weighted by atomic mass is 19.1. The van der Waals surface area contributed by atoms with Crippen LogP contribution in [0, 0.1) is 5.82 Å². The summed E-state index contributed by atoms with van der Waals surface area (Å²) >= 11 is 0. The van der Waals surface area contributed by atoms with Gasteiger partial charge < -0.3 is 20.8 Å². The SMILES string of the molecule is CC(C)(O)CCc1ccc2nc(-c3cc(F)ccc3O)nc(N[C@H]3CCNC3)c2c1. The van der Waals surface area contributed by atoms with Crippen molar-refractivity contribution < 1.29 is 14.6 Å². The summed E-state index contributed by atoms with van der Waals surface area (Å²) in [6.45, 7) is 5.38. The first-order valence-corrected chi connectivity index (χ1v) is 10.3. The molecule has 0 saturated carbocycles. The lowest BCUT2D eigenvalue weighted by atomic mass is 9.98. The number of aryl methyl sites for hydroxylation is 1. The van der Waals surface area contributed by atoms with E-state index in [0.29, 0.717) is 17.8 Å². The van der Waals surface area contributed by atoms with Gasteiger partial charge in [-0.05, 0) is 75.5 Å². The predicted molar refractivity (Wildman–Crippen MR) is 116 cm³/mol. The maximum absolute atomic E-state index is 13.8. The number of halogens is 1. The molecule has 1 aromatic heterocycles. The fourth-order valence-electron chi connectivity index (χ4n) is 3.67. The third-order valence-corrected chi connectivity index (χ3v) is 5.39. The number of benzene rings is 2. The van der Waals surface area contributed by atoms with Gasteiger partial charge in [0.05, 0.1) is 16.7 Å². The lowest BCUT2D eigenvalue weighted by Gasteiger charge is -2.18. The molecule has 0 bridgehead atoms. The number of aromatic hydroxyl groups is 1. The Morgan fingerprint density at radius 1 is 1.20 bits per heavy atom. The minimum Gasteiger partial charge on any atom is -0.507 e. The molecule has 7 heteroatoms. The molecule has 2 heterocycles. The highest BCUT2D eigenvalue weighted by Gasteiger charge is 2.19. The standard InChI is InChI=1S/C23H27FN4O2/c1-23(2,30)9-7-14-3-5-19-17(11-14)21(26-16-8-10-25-13-16)28-22(27-19)18-12-15(24)4-6-20(18)29/h3-6,11-12,16,25,29-30H,7-10,13H2,1-2H3,(H,26,27,28)/t16-/m0/s1. The summed E-state index contributed by atoms with van der Waals surface area (Å²) in [6.07, 6.45) is 2.35. The second-order valence-corrected chi connectivity index (χ2v) is 8.56. The third kappa shape index (κ3) is 4.68. The number of aromatic nitrogens is 2. The van der Waals surface area contributed by atoms with Crippen molar-refractivity contribution in [3.63, 3.8) is 0 Å². The van der Waals surface area contributed by atoms with E-state index in [1.54, 1.807) is 13.8 Å². The predicted octanol–water partition coefficient (Wildman–Crippen LogP) is 3.62. The number of hydrogen-bond donors (Lipinski definition) is 4. The number of phenolic OH excluding ortho intramolecular Hbond substituents is 1. The minimum absolute atomic E-state index is 0.0639. The Bertz CT molecular complexity index is 1060. The molecule has 0 radical (unpaired) electrons. The van der Waals surface area contributed by atoms with Crippen molar-refractivity contribution in [1.29, 1.82) is 0 Å². The molecular formula is C23H27FN4O2. The van der Waals surface area contributed by atoms with E-state index in [4.69, 9.17) is 0 Å². The van der Waals surface area contributed by atoms with Gasteiger partial charge in [-0.2, -0.15) is 0 Å². The zero-order valence-corrected chi connectivity index (χ0v) is 17.2. The molecule has 1 fully saturated rings. The van der Waals surface area contributed by atoms with Crippen molar-refractivity contribution >= 4 is 16.7 Å². The van der Waals surface area contributed by atoms with E-state index >= 15 is 0 Å². The van der Waals surface area contributed by atoms with Gasteiger partial charge >= 0.3 is 0 Å². The fourth-order valence-corrected chi connectivity index (χ4v) is 3.67. The molecule has 0 aliphatic carbocycles. The second kappa shape index (κ2) is 8.16. The highest BCUT2D eigenvalue weighted by molar-refractivity contribution is 5.91. The number of anilines is 1. The topological polar surface area (TPSA) is 90.3 Å². The Morgan fingerprint density at radius 2 is 2.03 bits per heavy atom. The van der Waals surface area contributed by atoms with E-state index in [1.807, 2.05) is 18.2 Å². The maximum atomic E-state index is 13.8. The van der Waals surface area contributed by atoms with Gasteiger partial charge in [0.1, 0.15) is 17.4 Å². The maximum Gasteiger partial charge on any atom is 0.165 e. The summed E-state index contributed by atoms with van der Waals surface area (Å²) in [5.41, 5.74) is 1.32. The van der Waals surface area contributed by atoms with Crippen LogP contribution in [0.25, 0.3) is 22.3 Å². The van der Waals surface area contributed by atoms with E-state index in [2.05, 4.69) is 20.6 Å². The zero-order chi connectivity index (χ0) is 21.3. The molecule has 2 aromatic carbocycles. The molecule has 158 valence electrons. The van der Waals surface area contributed by atoms with Crippen LogP contribution in [0.15, 0.2) is 36.4 Å². The van der Waals surface area contributed by atoms with Crippen LogP contribution in [0.2, 0.25) is 0 Å². The number of nitrogens with zero attached hydrogens (tertiary/aromatic N) is 2. The lowest BCUT2D eigenvalue weighted by Crippen LogP contribution is -2.23. The molecule has 6 nitrogen and oxygen atoms in total. The molecule has 1 aliphatic rings. The van der Waals surface area contributed by atoms with E-state index in [-0.39, 0.29) is 23.2 Å². The van der Waals surface area contributed by atoms with Crippen molar-refractivity contribution in [1.82, 2.24) is 15.3 Å². The lowest BCUT2D eigenvalue weighted by molar-refractivity contribution is 0.0714. The van der Waals surface area contributed by atoms with Crippen LogP contribution in [0.3, 0.4) is 0 Å². The number of aliphatic hydroxyl groups is 1. The van der Waals surface area contributed by atoms with Crippen LogP contribution >= 0.6 is 0 Å². The normalized spacial score (nSPS) is 16.9. The Morgan fingerprint density at radius 3 is 2.77 bits per heavy atom. The van der Waals surface area contributed by atoms with Gasteiger partial charge in [0.15, 0.2) is 5.82 Å². The number of hydrogen-bond acceptors (Lipinski definition) is 6. The van der Waals surface area contributed by atoms with Crippen molar-refractivity contribution in [3.8, 4) is 17.1 Å². The first-order chi connectivity index (χ1) is 14.3. The molecule has 1 atom stereocenters. The van der Waals surface area contributed by atoms with Crippen molar-refractivity contribution in [2.75, 3.05) is 18.4 Å². The highest BCUT2D eigenvalue weighted by Crippen LogP contribution is 2.32. The number of fused-ring (bicyclic) bond motifs is 1. The van der Waals surface area contributed by atoms with E-state index < -0.39 is 11.4 Å². The van der Waals surface area contributed by atoms with Gasteiger partial charge in [0.2, 0.25) is 0 Å². The molecule has 4 rings (SSSR count). The quantitative estimate of drug-likeness (QED) is 0.496. The van der Waals surface area contributed by atoms with Gasteiger partial charge in [0.25, 0.3) is 0 Å². The Balaban J connectivity index is 1.78. The number of phenols is 1. The van der Waals surface area contributed by atoms with Crippen LogP contribution in [0.4, 0.5) is 10.2 Å². The molecule has 0 spiro atoms. The second-order valence-electron chi connectivity index (χ2n) is 8.56. The molecule has 4 N–H and O–H groups in total. The number of rotatable bonds is 6. The molecule has 3 aromatic rings. The summed E-state index contributed by atoms with van der Waals surface area (Å²) < 4.78 is 13.8. The summed E-state index contributed by atoms with van der Waals surface area (Å²) in [5, 5.41) is 28.0. The van der Waals surface area contributed by atoms with Crippen molar-refractivity contribution in [3.05, 3.63) is 47.8 Å². The monoisotopic (exact) mass is 410 g/mol. The summed E-state index contributed by atoms with van der Waals surface area (Å²) in [7, 11) is 0. The zero-order valence-electron chi connectivity index (χ0n) is 17.2. The van der Waals surface area contributed by atoms with Crippen LogP contribution in [-0.4, -0.2) is 44.9 Å². The first kappa shape index (κ1) is 20.5. The largest absolute Gasteiger partial charge is 0.507 e. The number of nitrogens with one attached hydrogen (secondary N) is 2. The van der Waals surface area contributed by atoms with E-state index in [0.717, 1.165) is 36.9 Å². The Hall–Kier alpha value is -2.77. The van der Waals surface area contributed by atoms with Crippen LogP contribution < -0.4 is 10.6 Å². The van der Waals surface area contributed by atoms with E-state index in [1.165, 1.54) is 18.2 Å². The molecule has 1 saturated heterocycles. The van der Waals surface area contributed by atoms with Gasteiger partial charge in [0, 0.05) is 18.0 Å². The summed E-state index contributed by atoms with van der Waals surface area (Å²) in [5.74, 6) is 0.420. The van der Waals surface area contributed by atoms with Gasteiger partial charge in [-0.15, -0.1) is 0 Å². The van der Waals surface area contributed by atoms with Gasteiger partial charge in [-0.1, -0.05) is 6.07 Å². The molecule has 30 heavy (non-hydrogen) atoms. The van der Waals surface area contributed by atoms with Gasteiger partial charge in [-0.3, -0.25) is 0 Å². The Labute approximate surface area is 175 Å². The third-order valence-electron chi connectivity index (χ3n) is 5.39. The van der Waals surface area contributed by atoms with Crippen LogP contribution in [0.1, 0.15) is 32.3 Å². The molecular weight excluding hydrogens is 383 g/mol. The molecule has 1 aliphatic heterocycles.